The molecule has 20 heavy (non-hydrogen) atoms. The average molecular weight is 269 g/mol. The molecule has 2 aromatic rings. The molecule has 3 nitrogen and oxygen atoms in total. The summed E-state index contributed by atoms with van der Waals surface area (Å²) in [5.74, 6) is -0.293. The Bertz CT molecular complexity index is 607. The Morgan fingerprint density at radius 2 is 1.75 bits per heavy atom. The number of methoxy groups -OCH3 is 1. The molecule has 104 valence electrons. The smallest absolute Gasteiger partial charge is 0.338 e. The van der Waals surface area contributed by atoms with Gasteiger partial charge in [0, 0.05) is 19.3 Å². The van der Waals surface area contributed by atoms with Crippen molar-refractivity contribution in [1.29, 1.82) is 0 Å². The van der Waals surface area contributed by atoms with Gasteiger partial charge in [0.15, 0.2) is 0 Å². The minimum absolute atomic E-state index is 0.293. The number of carbonyl (C=O) groups excluding carboxylic acids is 1. The van der Waals surface area contributed by atoms with Crippen LogP contribution in [0, 0.1) is 6.92 Å². The third-order valence-corrected chi connectivity index (χ3v) is 3.36. The minimum atomic E-state index is -0.293. The second-order valence-corrected chi connectivity index (χ2v) is 4.79. The summed E-state index contributed by atoms with van der Waals surface area (Å²) >= 11 is 0. The first-order valence-corrected chi connectivity index (χ1v) is 6.56. The summed E-state index contributed by atoms with van der Waals surface area (Å²) in [7, 11) is 3.43. The SMILES string of the molecule is COC(=O)c1ccccc1CN(C)c1ccccc1C. The van der Waals surface area contributed by atoms with Crippen molar-refractivity contribution in [2.24, 2.45) is 0 Å². The molecule has 0 heterocycles. The van der Waals surface area contributed by atoms with E-state index >= 15 is 0 Å². The highest BCUT2D eigenvalue weighted by Crippen LogP contribution is 2.21. The summed E-state index contributed by atoms with van der Waals surface area (Å²) in [6, 6.07) is 15.7. The molecule has 0 spiro atoms. The highest BCUT2D eigenvalue weighted by molar-refractivity contribution is 5.91. The van der Waals surface area contributed by atoms with Crippen molar-refractivity contribution < 1.29 is 9.53 Å². The number of hydrogen-bond donors (Lipinski definition) is 0. The molecule has 2 aromatic carbocycles. The van der Waals surface area contributed by atoms with E-state index in [1.165, 1.54) is 12.7 Å². The number of para-hydroxylation sites is 1. The molecule has 2 rings (SSSR count). The minimum Gasteiger partial charge on any atom is -0.465 e. The molecule has 0 saturated heterocycles. The zero-order valence-corrected chi connectivity index (χ0v) is 12.1. The van der Waals surface area contributed by atoms with Gasteiger partial charge in [0.25, 0.3) is 0 Å². The molecule has 0 bridgehead atoms. The first-order valence-electron chi connectivity index (χ1n) is 6.56. The Hall–Kier alpha value is -2.29. The van der Waals surface area contributed by atoms with E-state index in [0.717, 1.165) is 11.3 Å². The summed E-state index contributed by atoms with van der Waals surface area (Å²) in [6.45, 7) is 2.74. The van der Waals surface area contributed by atoms with Gasteiger partial charge in [0.2, 0.25) is 0 Å². The van der Waals surface area contributed by atoms with E-state index < -0.39 is 0 Å². The van der Waals surface area contributed by atoms with E-state index in [-0.39, 0.29) is 5.97 Å². The molecule has 0 unspecified atom stereocenters. The molecule has 3 heteroatoms. The van der Waals surface area contributed by atoms with E-state index in [0.29, 0.717) is 12.1 Å². The van der Waals surface area contributed by atoms with Gasteiger partial charge in [-0.05, 0) is 30.2 Å². The maximum Gasteiger partial charge on any atom is 0.338 e. The van der Waals surface area contributed by atoms with Gasteiger partial charge in [-0.2, -0.15) is 0 Å². The van der Waals surface area contributed by atoms with Gasteiger partial charge in [0.1, 0.15) is 0 Å². The fraction of sp³-hybridized carbons (Fsp3) is 0.235. The normalized spacial score (nSPS) is 10.2. The number of benzene rings is 2. The van der Waals surface area contributed by atoms with E-state index in [2.05, 4.69) is 24.0 Å². The Labute approximate surface area is 119 Å². The van der Waals surface area contributed by atoms with Crippen molar-refractivity contribution >= 4 is 11.7 Å². The van der Waals surface area contributed by atoms with Crippen LogP contribution >= 0.6 is 0 Å². The number of nitrogens with zero attached hydrogens (tertiary/aromatic N) is 1. The fourth-order valence-corrected chi connectivity index (χ4v) is 2.30. The van der Waals surface area contributed by atoms with Crippen molar-refractivity contribution in [3.8, 4) is 0 Å². The van der Waals surface area contributed by atoms with Crippen LogP contribution in [0.2, 0.25) is 0 Å². The monoisotopic (exact) mass is 269 g/mol. The van der Waals surface area contributed by atoms with E-state index in [1.807, 2.05) is 37.4 Å². The molecule has 0 aliphatic rings. The number of aryl methyl sites for hydroxylation is 1. The third kappa shape index (κ3) is 2.99. The van der Waals surface area contributed by atoms with Gasteiger partial charge in [-0.3, -0.25) is 0 Å². The van der Waals surface area contributed by atoms with Crippen LogP contribution in [-0.4, -0.2) is 20.1 Å². The predicted octanol–water partition coefficient (Wildman–Crippen LogP) is 3.42. The number of ether oxygens (including phenoxy) is 1. The fourth-order valence-electron chi connectivity index (χ4n) is 2.30. The highest BCUT2D eigenvalue weighted by Gasteiger charge is 2.13. The van der Waals surface area contributed by atoms with Gasteiger partial charge in [-0.15, -0.1) is 0 Å². The van der Waals surface area contributed by atoms with Crippen LogP contribution in [0.5, 0.6) is 0 Å². The second-order valence-electron chi connectivity index (χ2n) is 4.79. The van der Waals surface area contributed by atoms with Crippen molar-refractivity contribution in [2.45, 2.75) is 13.5 Å². The first-order chi connectivity index (χ1) is 9.63. The maximum atomic E-state index is 11.8. The summed E-state index contributed by atoms with van der Waals surface area (Å²) in [4.78, 5) is 13.9. The zero-order valence-electron chi connectivity index (χ0n) is 12.1. The van der Waals surface area contributed by atoms with E-state index in [9.17, 15) is 4.79 Å². The lowest BCUT2D eigenvalue weighted by Gasteiger charge is -2.22. The lowest BCUT2D eigenvalue weighted by atomic mass is 10.1. The number of anilines is 1. The van der Waals surface area contributed by atoms with Crippen molar-refractivity contribution in [3.63, 3.8) is 0 Å². The molecule has 0 N–H and O–H groups in total. The second kappa shape index (κ2) is 6.24. The maximum absolute atomic E-state index is 11.8. The lowest BCUT2D eigenvalue weighted by molar-refractivity contribution is 0.0599. The van der Waals surface area contributed by atoms with Crippen molar-refractivity contribution in [2.75, 3.05) is 19.1 Å². The molecule has 0 atom stereocenters. The van der Waals surface area contributed by atoms with Crippen LogP contribution in [-0.2, 0) is 11.3 Å². The number of carbonyl (C=O) groups is 1. The molecular formula is C17H19NO2. The lowest BCUT2D eigenvalue weighted by Crippen LogP contribution is -2.19. The molecule has 0 radical (unpaired) electrons. The zero-order chi connectivity index (χ0) is 14.5. The van der Waals surface area contributed by atoms with Crippen LogP contribution in [0.15, 0.2) is 48.5 Å². The van der Waals surface area contributed by atoms with Gasteiger partial charge in [0.05, 0.1) is 12.7 Å². The number of rotatable bonds is 4. The van der Waals surface area contributed by atoms with Crippen LogP contribution < -0.4 is 4.90 Å². The molecule has 0 saturated carbocycles. The molecule has 0 aliphatic heterocycles. The van der Waals surface area contributed by atoms with Crippen molar-refractivity contribution in [1.82, 2.24) is 0 Å². The molecule has 0 fully saturated rings. The molecule has 0 aromatic heterocycles. The van der Waals surface area contributed by atoms with Crippen LogP contribution in [0.4, 0.5) is 5.69 Å². The van der Waals surface area contributed by atoms with Gasteiger partial charge in [-0.25, -0.2) is 4.79 Å². The standard InChI is InChI=1S/C17H19NO2/c1-13-8-4-7-11-16(13)18(2)12-14-9-5-6-10-15(14)17(19)20-3/h4-11H,12H2,1-3H3. The number of hydrogen-bond acceptors (Lipinski definition) is 3. The van der Waals surface area contributed by atoms with Crippen LogP contribution in [0.25, 0.3) is 0 Å². The summed E-state index contributed by atoms with van der Waals surface area (Å²) < 4.78 is 4.83. The Morgan fingerprint density at radius 1 is 1.10 bits per heavy atom. The Balaban J connectivity index is 2.26. The summed E-state index contributed by atoms with van der Waals surface area (Å²) in [5, 5.41) is 0. The quantitative estimate of drug-likeness (QED) is 0.797. The third-order valence-electron chi connectivity index (χ3n) is 3.36. The number of esters is 1. The average Bonchev–Trinajstić information content (AvgIpc) is 2.47. The van der Waals surface area contributed by atoms with E-state index in [1.54, 1.807) is 6.07 Å². The Kier molecular flexibility index (Phi) is 4.41. The van der Waals surface area contributed by atoms with Gasteiger partial charge < -0.3 is 9.64 Å². The van der Waals surface area contributed by atoms with Gasteiger partial charge in [-0.1, -0.05) is 36.4 Å². The van der Waals surface area contributed by atoms with Crippen LogP contribution in [0.1, 0.15) is 21.5 Å². The predicted molar refractivity (Wildman–Crippen MR) is 81.1 cm³/mol. The highest BCUT2D eigenvalue weighted by atomic mass is 16.5. The largest absolute Gasteiger partial charge is 0.465 e. The molecule has 0 amide bonds. The first kappa shape index (κ1) is 14.1. The Morgan fingerprint density at radius 3 is 2.45 bits per heavy atom. The topological polar surface area (TPSA) is 29.5 Å². The molecule has 0 aliphatic carbocycles. The van der Waals surface area contributed by atoms with Gasteiger partial charge >= 0.3 is 5.97 Å². The molecular weight excluding hydrogens is 250 g/mol. The summed E-state index contributed by atoms with van der Waals surface area (Å²) in [5.41, 5.74) is 3.96. The van der Waals surface area contributed by atoms with Crippen molar-refractivity contribution in [3.05, 3.63) is 65.2 Å². The van der Waals surface area contributed by atoms with E-state index in [4.69, 9.17) is 4.74 Å². The summed E-state index contributed by atoms with van der Waals surface area (Å²) in [6.07, 6.45) is 0. The van der Waals surface area contributed by atoms with Crippen LogP contribution in [0.3, 0.4) is 0 Å².